The monoisotopic (exact) mass is 535 g/mol. The number of pyridine rings is 1. The van der Waals surface area contributed by atoms with Crippen LogP contribution in [0.3, 0.4) is 0 Å². The van der Waals surface area contributed by atoms with E-state index in [0.717, 1.165) is 15.4 Å². The summed E-state index contributed by atoms with van der Waals surface area (Å²) < 4.78 is 10.6. The number of nitrogens with one attached hydrogen (secondary N) is 3. The third kappa shape index (κ3) is 7.84. The van der Waals surface area contributed by atoms with E-state index in [1.54, 1.807) is 39.1 Å². The zero-order valence-electron chi connectivity index (χ0n) is 21.4. The van der Waals surface area contributed by atoms with Gasteiger partial charge in [-0.15, -0.1) is 0 Å². The fourth-order valence-electron chi connectivity index (χ4n) is 3.35. The lowest BCUT2D eigenvalue weighted by atomic mass is 10.2. The molecule has 0 unspecified atom stereocenters. The second kappa shape index (κ2) is 12.3. The summed E-state index contributed by atoms with van der Waals surface area (Å²) in [7, 11) is 0. The highest BCUT2D eigenvalue weighted by molar-refractivity contribution is 7.18. The number of carbonyl (C=O) groups is 2. The van der Waals surface area contributed by atoms with E-state index < -0.39 is 17.8 Å². The Hall–Kier alpha value is -4.32. The highest BCUT2D eigenvalue weighted by atomic mass is 32.1. The second-order valence-corrected chi connectivity index (χ2v) is 10.3. The Balaban J connectivity index is 1.33. The molecule has 0 saturated heterocycles. The summed E-state index contributed by atoms with van der Waals surface area (Å²) in [5.41, 5.74) is 2.07. The summed E-state index contributed by atoms with van der Waals surface area (Å²) in [6.45, 7) is 6.28. The average Bonchev–Trinajstić information content (AvgIpc) is 3.30. The standard InChI is InChI=1S/C26H29N7O4S/c1-26(2,3)37-25(35)32-18-10-7-12-27-19(18)14-29-22-21-23(31-16-30-22)38-20(33-21)11-13-28-24(34)36-15-17-8-5-4-6-9-17/h4-10,12,16H,11,13-15H2,1-3H3,(H,28,34)(H,32,35)(H,29,30,31). The number of thiazole rings is 1. The summed E-state index contributed by atoms with van der Waals surface area (Å²) in [5.74, 6) is 0.543. The first-order valence-corrected chi connectivity index (χ1v) is 12.8. The molecule has 0 spiro atoms. The molecule has 0 saturated carbocycles. The van der Waals surface area contributed by atoms with Gasteiger partial charge >= 0.3 is 12.2 Å². The molecular weight excluding hydrogens is 506 g/mol. The number of anilines is 2. The molecule has 0 fully saturated rings. The molecule has 11 nitrogen and oxygen atoms in total. The fraction of sp³-hybridized carbons (Fsp3) is 0.308. The number of fused-ring (bicyclic) bond motifs is 1. The topological polar surface area (TPSA) is 140 Å². The van der Waals surface area contributed by atoms with Gasteiger partial charge in [-0.1, -0.05) is 41.7 Å². The minimum absolute atomic E-state index is 0.212. The van der Waals surface area contributed by atoms with E-state index in [2.05, 4.69) is 35.9 Å². The van der Waals surface area contributed by atoms with Crippen LogP contribution in [0.25, 0.3) is 10.3 Å². The van der Waals surface area contributed by atoms with Crippen molar-refractivity contribution in [1.29, 1.82) is 0 Å². The Morgan fingerprint density at radius 2 is 1.82 bits per heavy atom. The molecule has 4 aromatic rings. The molecule has 0 aliphatic carbocycles. The zero-order valence-corrected chi connectivity index (χ0v) is 22.2. The van der Waals surface area contributed by atoms with Gasteiger partial charge in [0.1, 0.15) is 28.9 Å². The van der Waals surface area contributed by atoms with Crippen LogP contribution in [0.2, 0.25) is 0 Å². The van der Waals surface area contributed by atoms with Crippen LogP contribution in [0, 0.1) is 0 Å². The number of nitrogens with zero attached hydrogens (tertiary/aromatic N) is 4. The number of amides is 2. The van der Waals surface area contributed by atoms with Gasteiger partial charge in [-0.2, -0.15) is 0 Å². The van der Waals surface area contributed by atoms with E-state index in [-0.39, 0.29) is 6.61 Å². The van der Waals surface area contributed by atoms with Crippen LogP contribution >= 0.6 is 11.3 Å². The van der Waals surface area contributed by atoms with Crippen molar-refractivity contribution in [1.82, 2.24) is 25.3 Å². The molecule has 0 aliphatic rings. The third-order valence-corrected chi connectivity index (χ3v) is 6.03. The lowest BCUT2D eigenvalue weighted by Crippen LogP contribution is -2.27. The van der Waals surface area contributed by atoms with Crippen molar-refractivity contribution in [3.05, 3.63) is 71.3 Å². The summed E-state index contributed by atoms with van der Waals surface area (Å²) in [4.78, 5) is 42.6. The molecule has 3 N–H and O–H groups in total. The lowest BCUT2D eigenvalue weighted by molar-refractivity contribution is 0.0635. The molecule has 0 radical (unpaired) electrons. The van der Waals surface area contributed by atoms with Gasteiger partial charge in [0.05, 0.1) is 22.9 Å². The van der Waals surface area contributed by atoms with Crippen molar-refractivity contribution < 1.29 is 19.1 Å². The Morgan fingerprint density at radius 3 is 2.61 bits per heavy atom. The highest BCUT2D eigenvalue weighted by Gasteiger charge is 2.18. The minimum Gasteiger partial charge on any atom is -0.445 e. The molecule has 38 heavy (non-hydrogen) atoms. The van der Waals surface area contributed by atoms with Gasteiger partial charge < -0.3 is 20.1 Å². The largest absolute Gasteiger partial charge is 0.445 e. The van der Waals surface area contributed by atoms with E-state index in [1.807, 2.05) is 30.3 Å². The molecule has 3 aromatic heterocycles. The van der Waals surface area contributed by atoms with Crippen LogP contribution in [0.1, 0.15) is 37.0 Å². The van der Waals surface area contributed by atoms with E-state index in [4.69, 9.17) is 9.47 Å². The quantitative estimate of drug-likeness (QED) is 0.273. The summed E-state index contributed by atoms with van der Waals surface area (Å²) >= 11 is 1.43. The first-order chi connectivity index (χ1) is 18.3. The molecule has 198 valence electrons. The molecule has 0 atom stereocenters. The predicted octanol–water partition coefficient (Wildman–Crippen LogP) is 4.91. The molecule has 4 rings (SSSR count). The Morgan fingerprint density at radius 1 is 1.00 bits per heavy atom. The number of rotatable bonds is 9. The summed E-state index contributed by atoms with van der Waals surface area (Å²) in [6.07, 6.45) is 2.59. The van der Waals surface area contributed by atoms with Gasteiger partial charge in [0.15, 0.2) is 5.82 Å². The van der Waals surface area contributed by atoms with Crippen LogP contribution < -0.4 is 16.0 Å². The zero-order chi connectivity index (χ0) is 27.0. The number of hydrogen-bond acceptors (Lipinski definition) is 10. The highest BCUT2D eigenvalue weighted by Crippen LogP contribution is 2.25. The van der Waals surface area contributed by atoms with Crippen LogP contribution in [0.5, 0.6) is 0 Å². The molecule has 2 amide bonds. The molecule has 3 heterocycles. The van der Waals surface area contributed by atoms with Crippen molar-refractivity contribution in [3.63, 3.8) is 0 Å². The maximum Gasteiger partial charge on any atom is 0.412 e. The minimum atomic E-state index is -0.614. The third-order valence-electron chi connectivity index (χ3n) is 5.01. The number of ether oxygens (including phenoxy) is 2. The van der Waals surface area contributed by atoms with Crippen LogP contribution in [0.15, 0.2) is 55.0 Å². The molecule has 0 bridgehead atoms. The van der Waals surface area contributed by atoms with Crippen molar-refractivity contribution in [2.45, 2.75) is 45.9 Å². The van der Waals surface area contributed by atoms with Gasteiger partial charge in [0.25, 0.3) is 0 Å². The molecule has 1 aromatic carbocycles. The Bertz CT molecular complexity index is 1390. The first kappa shape index (κ1) is 26.7. The van der Waals surface area contributed by atoms with Gasteiger partial charge in [0.2, 0.25) is 0 Å². The molecular formula is C26H29N7O4S. The van der Waals surface area contributed by atoms with Gasteiger partial charge in [-0.25, -0.2) is 24.5 Å². The van der Waals surface area contributed by atoms with Crippen molar-refractivity contribution in [2.24, 2.45) is 0 Å². The van der Waals surface area contributed by atoms with E-state index >= 15 is 0 Å². The Labute approximate surface area is 224 Å². The van der Waals surface area contributed by atoms with E-state index in [0.29, 0.717) is 42.2 Å². The summed E-state index contributed by atoms with van der Waals surface area (Å²) in [5, 5.41) is 9.52. The maximum absolute atomic E-state index is 12.2. The number of alkyl carbamates (subject to hydrolysis) is 1. The van der Waals surface area contributed by atoms with Crippen LogP contribution in [-0.4, -0.2) is 44.3 Å². The second-order valence-electron chi connectivity index (χ2n) is 9.20. The lowest BCUT2D eigenvalue weighted by Gasteiger charge is -2.20. The molecule has 12 heteroatoms. The normalized spacial score (nSPS) is 11.1. The van der Waals surface area contributed by atoms with Crippen molar-refractivity contribution in [2.75, 3.05) is 17.2 Å². The van der Waals surface area contributed by atoms with Crippen molar-refractivity contribution in [3.8, 4) is 0 Å². The van der Waals surface area contributed by atoms with Gasteiger partial charge in [-0.05, 0) is 38.5 Å². The number of aromatic nitrogens is 4. The predicted molar refractivity (Wildman–Crippen MR) is 145 cm³/mol. The number of carbonyl (C=O) groups excluding carboxylic acids is 2. The smallest absolute Gasteiger partial charge is 0.412 e. The Kier molecular flexibility index (Phi) is 8.64. The van der Waals surface area contributed by atoms with E-state index in [9.17, 15) is 9.59 Å². The fourth-order valence-corrected chi connectivity index (χ4v) is 4.26. The van der Waals surface area contributed by atoms with Crippen molar-refractivity contribution >= 4 is 45.4 Å². The average molecular weight is 536 g/mol. The maximum atomic E-state index is 12.2. The number of benzene rings is 1. The number of hydrogen-bond donors (Lipinski definition) is 3. The van der Waals surface area contributed by atoms with Crippen LogP contribution in [-0.2, 0) is 29.0 Å². The first-order valence-electron chi connectivity index (χ1n) is 12.0. The van der Waals surface area contributed by atoms with Gasteiger partial charge in [0, 0.05) is 19.2 Å². The van der Waals surface area contributed by atoms with Crippen LogP contribution in [0.4, 0.5) is 21.1 Å². The van der Waals surface area contributed by atoms with E-state index in [1.165, 1.54) is 17.7 Å². The SMILES string of the molecule is CC(C)(C)OC(=O)Nc1cccnc1CNc1ncnc2sc(CCNC(=O)OCc3ccccc3)nc12. The summed E-state index contributed by atoms with van der Waals surface area (Å²) in [6, 6.07) is 13.0. The van der Waals surface area contributed by atoms with Gasteiger partial charge in [-0.3, -0.25) is 10.3 Å². The molecule has 0 aliphatic heterocycles.